The van der Waals surface area contributed by atoms with Gasteiger partial charge in [-0.3, -0.25) is 4.79 Å². The fraction of sp³-hybridized carbons (Fsp3) is 0.917. The Hall–Kier alpha value is -0.570. The Morgan fingerprint density at radius 3 is 2.47 bits per heavy atom. The van der Waals surface area contributed by atoms with Gasteiger partial charge in [-0.1, -0.05) is 6.92 Å². The number of carbonyl (C=O) groups is 1. The van der Waals surface area contributed by atoms with Crippen molar-refractivity contribution in [3.05, 3.63) is 0 Å². The SMILES string of the molecule is C[C@@H]1C[C@H]1C(=O)NC[C@@H](C1CC1)N(C)C. The predicted octanol–water partition coefficient (Wildman–Crippen LogP) is 1.10. The average molecular weight is 210 g/mol. The molecule has 0 radical (unpaired) electrons. The first-order valence-corrected chi connectivity index (χ1v) is 6.03. The fourth-order valence-electron chi connectivity index (χ4n) is 2.28. The minimum atomic E-state index is 0.273. The first-order chi connectivity index (χ1) is 7.09. The maximum Gasteiger partial charge on any atom is 0.223 e. The van der Waals surface area contributed by atoms with E-state index in [1.165, 1.54) is 12.8 Å². The number of hydrogen-bond donors (Lipinski definition) is 1. The van der Waals surface area contributed by atoms with Gasteiger partial charge in [-0.15, -0.1) is 0 Å². The minimum absolute atomic E-state index is 0.273. The lowest BCUT2D eigenvalue weighted by molar-refractivity contribution is -0.122. The van der Waals surface area contributed by atoms with Crippen molar-refractivity contribution in [1.82, 2.24) is 10.2 Å². The Labute approximate surface area is 92.2 Å². The first-order valence-electron chi connectivity index (χ1n) is 6.03. The zero-order valence-corrected chi connectivity index (χ0v) is 9.99. The van der Waals surface area contributed by atoms with E-state index in [0.717, 1.165) is 18.9 Å². The molecule has 0 spiro atoms. The molecule has 1 N–H and O–H groups in total. The molecule has 0 aromatic carbocycles. The van der Waals surface area contributed by atoms with E-state index in [0.29, 0.717) is 17.9 Å². The number of likely N-dealkylation sites (N-methyl/N-ethyl adjacent to an activating group) is 1. The molecule has 0 bridgehead atoms. The topological polar surface area (TPSA) is 32.3 Å². The standard InChI is InChI=1S/C12H22N2O/c1-8-6-10(8)12(15)13-7-11(14(2)3)9-4-5-9/h8-11H,4-7H2,1-3H3,(H,13,15)/t8-,10-,11+/m1/s1. The molecule has 0 aromatic heterocycles. The van der Waals surface area contributed by atoms with E-state index in [1.807, 2.05) is 0 Å². The Morgan fingerprint density at radius 1 is 1.47 bits per heavy atom. The molecule has 3 nitrogen and oxygen atoms in total. The summed E-state index contributed by atoms with van der Waals surface area (Å²) in [5, 5.41) is 3.10. The summed E-state index contributed by atoms with van der Waals surface area (Å²) in [6.45, 7) is 2.98. The number of amides is 1. The van der Waals surface area contributed by atoms with Gasteiger partial charge < -0.3 is 10.2 Å². The fourth-order valence-corrected chi connectivity index (χ4v) is 2.28. The van der Waals surface area contributed by atoms with Gasteiger partial charge in [0.05, 0.1) is 0 Å². The minimum Gasteiger partial charge on any atom is -0.354 e. The molecule has 0 saturated heterocycles. The molecule has 2 aliphatic carbocycles. The molecular weight excluding hydrogens is 188 g/mol. The third-order valence-electron chi connectivity index (χ3n) is 3.76. The zero-order valence-electron chi connectivity index (χ0n) is 9.99. The van der Waals surface area contributed by atoms with Gasteiger partial charge >= 0.3 is 0 Å². The predicted molar refractivity (Wildman–Crippen MR) is 60.5 cm³/mol. The van der Waals surface area contributed by atoms with Crippen LogP contribution in [0, 0.1) is 17.8 Å². The molecule has 1 amide bonds. The molecule has 86 valence electrons. The van der Waals surface area contributed by atoms with E-state index < -0.39 is 0 Å². The lowest BCUT2D eigenvalue weighted by atomic mass is 10.1. The number of nitrogens with zero attached hydrogens (tertiary/aromatic N) is 1. The summed E-state index contributed by atoms with van der Waals surface area (Å²) in [5.74, 6) is 2.02. The number of hydrogen-bond acceptors (Lipinski definition) is 2. The van der Waals surface area contributed by atoms with Crippen molar-refractivity contribution >= 4 is 5.91 Å². The van der Waals surface area contributed by atoms with Crippen LogP contribution in [0.3, 0.4) is 0 Å². The van der Waals surface area contributed by atoms with Gasteiger partial charge in [0.15, 0.2) is 0 Å². The second-order valence-corrected chi connectivity index (χ2v) is 5.43. The Morgan fingerprint density at radius 2 is 2.07 bits per heavy atom. The molecule has 3 atom stereocenters. The molecule has 0 heterocycles. The highest BCUT2D eigenvalue weighted by Crippen LogP contribution is 2.38. The van der Waals surface area contributed by atoms with Gasteiger partial charge in [-0.25, -0.2) is 0 Å². The van der Waals surface area contributed by atoms with Gasteiger partial charge in [0, 0.05) is 18.5 Å². The summed E-state index contributed by atoms with van der Waals surface area (Å²) in [7, 11) is 4.21. The third-order valence-corrected chi connectivity index (χ3v) is 3.76. The molecular formula is C12H22N2O. The third kappa shape index (κ3) is 2.71. The maximum absolute atomic E-state index is 11.7. The molecule has 0 aromatic rings. The largest absolute Gasteiger partial charge is 0.354 e. The molecule has 2 fully saturated rings. The molecule has 2 rings (SSSR count). The van der Waals surface area contributed by atoms with E-state index in [1.54, 1.807) is 0 Å². The van der Waals surface area contributed by atoms with Crippen LogP contribution in [-0.2, 0) is 4.79 Å². The molecule has 3 heteroatoms. The average Bonchev–Trinajstić information content (AvgIpc) is 3.00. The summed E-state index contributed by atoms with van der Waals surface area (Å²) >= 11 is 0. The highest BCUT2D eigenvalue weighted by molar-refractivity contribution is 5.81. The van der Waals surface area contributed by atoms with E-state index in [9.17, 15) is 4.79 Å². The first kappa shape index (κ1) is 10.9. The van der Waals surface area contributed by atoms with Crippen LogP contribution in [0.4, 0.5) is 0 Å². The van der Waals surface area contributed by atoms with Gasteiger partial charge in [0.2, 0.25) is 5.91 Å². The number of nitrogens with one attached hydrogen (secondary N) is 1. The number of rotatable bonds is 5. The lowest BCUT2D eigenvalue weighted by Crippen LogP contribution is -2.42. The van der Waals surface area contributed by atoms with E-state index in [-0.39, 0.29) is 5.91 Å². The van der Waals surface area contributed by atoms with Crippen LogP contribution in [0.1, 0.15) is 26.2 Å². The van der Waals surface area contributed by atoms with Gasteiger partial charge in [0.1, 0.15) is 0 Å². The van der Waals surface area contributed by atoms with Crippen LogP contribution in [-0.4, -0.2) is 37.5 Å². The molecule has 0 unspecified atom stereocenters. The van der Waals surface area contributed by atoms with Crippen LogP contribution in [0.5, 0.6) is 0 Å². The van der Waals surface area contributed by atoms with Crippen molar-refractivity contribution in [2.45, 2.75) is 32.2 Å². The van der Waals surface area contributed by atoms with E-state index >= 15 is 0 Å². The highest BCUT2D eigenvalue weighted by Gasteiger charge is 2.40. The zero-order chi connectivity index (χ0) is 11.0. The summed E-state index contributed by atoms with van der Waals surface area (Å²) in [6, 6.07) is 0.544. The normalized spacial score (nSPS) is 31.5. The monoisotopic (exact) mass is 210 g/mol. The molecule has 15 heavy (non-hydrogen) atoms. The Kier molecular flexibility index (Phi) is 3.01. The Bertz CT molecular complexity index is 246. The van der Waals surface area contributed by atoms with Crippen molar-refractivity contribution in [3.63, 3.8) is 0 Å². The van der Waals surface area contributed by atoms with Crippen molar-refractivity contribution in [3.8, 4) is 0 Å². The van der Waals surface area contributed by atoms with Gasteiger partial charge in [-0.2, -0.15) is 0 Å². The quantitative estimate of drug-likeness (QED) is 0.737. The van der Waals surface area contributed by atoms with E-state index in [4.69, 9.17) is 0 Å². The van der Waals surface area contributed by atoms with Crippen LogP contribution < -0.4 is 5.32 Å². The summed E-state index contributed by atoms with van der Waals surface area (Å²) in [6.07, 6.45) is 3.75. The van der Waals surface area contributed by atoms with Crippen LogP contribution >= 0.6 is 0 Å². The van der Waals surface area contributed by atoms with Gasteiger partial charge in [0.25, 0.3) is 0 Å². The van der Waals surface area contributed by atoms with Crippen molar-refractivity contribution < 1.29 is 4.79 Å². The summed E-state index contributed by atoms with van der Waals surface area (Å²) in [5.41, 5.74) is 0. The van der Waals surface area contributed by atoms with Crippen molar-refractivity contribution in [2.24, 2.45) is 17.8 Å². The van der Waals surface area contributed by atoms with Gasteiger partial charge in [-0.05, 0) is 45.2 Å². The molecule has 2 aliphatic rings. The smallest absolute Gasteiger partial charge is 0.223 e. The summed E-state index contributed by atoms with van der Waals surface area (Å²) < 4.78 is 0. The van der Waals surface area contributed by atoms with Crippen molar-refractivity contribution in [1.29, 1.82) is 0 Å². The molecule has 2 saturated carbocycles. The molecule has 0 aliphatic heterocycles. The second kappa shape index (κ2) is 4.12. The van der Waals surface area contributed by atoms with Crippen LogP contribution in [0.15, 0.2) is 0 Å². The maximum atomic E-state index is 11.7. The Balaban J connectivity index is 1.73. The van der Waals surface area contributed by atoms with Crippen LogP contribution in [0.25, 0.3) is 0 Å². The van der Waals surface area contributed by atoms with Crippen molar-refractivity contribution in [2.75, 3.05) is 20.6 Å². The van der Waals surface area contributed by atoms with E-state index in [2.05, 4.69) is 31.2 Å². The second-order valence-electron chi connectivity index (χ2n) is 5.43. The number of carbonyl (C=O) groups excluding carboxylic acids is 1. The summed E-state index contributed by atoms with van der Waals surface area (Å²) in [4.78, 5) is 13.9. The lowest BCUT2D eigenvalue weighted by Gasteiger charge is -2.24. The highest BCUT2D eigenvalue weighted by atomic mass is 16.2. The van der Waals surface area contributed by atoms with Crippen LogP contribution in [0.2, 0.25) is 0 Å².